The van der Waals surface area contributed by atoms with Crippen LogP contribution < -0.4 is 15.7 Å². The van der Waals surface area contributed by atoms with Gasteiger partial charge in [0.2, 0.25) is 0 Å². The van der Waals surface area contributed by atoms with Gasteiger partial charge in [-0.2, -0.15) is 0 Å². The van der Waals surface area contributed by atoms with Crippen LogP contribution in [0.4, 0.5) is 5.69 Å². The minimum atomic E-state index is 0.280. The molecule has 0 fully saturated rings. The third-order valence-corrected chi connectivity index (χ3v) is 2.90. The van der Waals surface area contributed by atoms with E-state index in [1.54, 1.807) is 13.3 Å². The quantitative estimate of drug-likeness (QED) is 0.599. The van der Waals surface area contributed by atoms with Gasteiger partial charge in [-0.1, -0.05) is 17.6 Å². The average Bonchev–Trinajstić information content (AvgIpc) is 2.41. The molecule has 0 heterocycles. The Morgan fingerprint density at radius 2 is 1.84 bits per heavy atom. The molecule has 0 amide bonds. The summed E-state index contributed by atoms with van der Waals surface area (Å²) in [4.78, 5) is 4.35. The van der Waals surface area contributed by atoms with Crippen LogP contribution in [0.1, 0.15) is 5.56 Å². The number of hydrogen-bond acceptors (Lipinski definition) is 3. The first kappa shape index (κ1) is 13.3. The highest BCUT2D eigenvalue weighted by Gasteiger charge is 2.02. The number of aliphatic imine (C=N–C) groups is 1. The van der Waals surface area contributed by atoms with Gasteiger partial charge in [0, 0.05) is 11.8 Å². The molecule has 1 N–H and O–H groups in total. The Balaban J connectivity index is 2.27. The normalized spacial score (nSPS) is 10.8. The lowest BCUT2D eigenvalue weighted by molar-refractivity contribution is 0.415. The topological polar surface area (TPSA) is 41.8 Å². The highest BCUT2D eigenvalue weighted by Crippen LogP contribution is 2.18. The van der Waals surface area contributed by atoms with Gasteiger partial charge in [-0.25, -0.2) is 0 Å². The second-order valence-corrected chi connectivity index (χ2v) is 4.48. The molecule has 0 atom stereocenters. The SMILES string of the molecule is Bc1cc(B)c(O)c(/C=N/c2ccc(OC)cc2)c1. The molecule has 0 saturated heterocycles. The van der Waals surface area contributed by atoms with E-state index < -0.39 is 0 Å². The van der Waals surface area contributed by atoms with Crippen molar-refractivity contribution < 1.29 is 9.84 Å². The summed E-state index contributed by atoms with van der Waals surface area (Å²) in [6, 6.07) is 11.3. The van der Waals surface area contributed by atoms with Crippen LogP contribution in [0.5, 0.6) is 11.5 Å². The highest BCUT2D eigenvalue weighted by atomic mass is 16.5. The lowest BCUT2D eigenvalue weighted by Gasteiger charge is -2.05. The summed E-state index contributed by atoms with van der Waals surface area (Å²) in [6.45, 7) is 0. The lowest BCUT2D eigenvalue weighted by Crippen LogP contribution is -2.15. The molecule has 0 bridgehead atoms. The fourth-order valence-electron chi connectivity index (χ4n) is 1.90. The van der Waals surface area contributed by atoms with Crippen LogP contribution in [-0.4, -0.2) is 34.1 Å². The zero-order valence-electron chi connectivity index (χ0n) is 11.3. The Labute approximate surface area is 114 Å². The third kappa shape index (κ3) is 3.19. The van der Waals surface area contributed by atoms with Crippen molar-refractivity contribution in [2.45, 2.75) is 0 Å². The van der Waals surface area contributed by atoms with Gasteiger partial charge in [0.25, 0.3) is 0 Å². The molecular weight excluding hydrogens is 236 g/mol. The van der Waals surface area contributed by atoms with Crippen LogP contribution >= 0.6 is 0 Å². The number of benzene rings is 2. The minimum Gasteiger partial charge on any atom is -0.508 e. The first-order valence-electron chi connectivity index (χ1n) is 6.08. The number of aromatic hydroxyl groups is 1. The molecular formula is C14H15B2NO2. The summed E-state index contributed by atoms with van der Waals surface area (Å²) in [5.74, 6) is 1.08. The third-order valence-electron chi connectivity index (χ3n) is 2.90. The minimum absolute atomic E-state index is 0.280. The van der Waals surface area contributed by atoms with E-state index in [-0.39, 0.29) is 5.75 Å². The van der Waals surface area contributed by atoms with Gasteiger partial charge in [-0.3, -0.25) is 4.99 Å². The molecule has 0 aromatic heterocycles. The van der Waals surface area contributed by atoms with Gasteiger partial charge in [-0.05, 0) is 29.7 Å². The maximum absolute atomic E-state index is 9.97. The van der Waals surface area contributed by atoms with Gasteiger partial charge in [0.05, 0.1) is 12.8 Å². The average molecular weight is 251 g/mol. The number of methoxy groups -OCH3 is 1. The van der Waals surface area contributed by atoms with Crippen LogP contribution in [0.2, 0.25) is 0 Å². The zero-order valence-corrected chi connectivity index (χ0v) is 11.3. The molecule has 5 heteroatoms. The fourth-order valence-corrected chi connectivity index (χ4v) is 1.90. The van der Waals surface area contributed by atoms with E-state index in [1.165, 1.54) is 0 Å². The van der Waals surface area contributed by atoms with Crippen molar-refractivity contribution >= 4 is 38.5 Å². The molecule has 3 nitrogen and oxygen atoms in total. The molecule has 0 aliphatic carbocycles. The molecule has 2 rings (SSSR count). The molecule has 19 heavy (non-hydrogen) atoms. The summed E-state index contributed by atoms with van der Waals surface area (Å²) in [7, 11) is 5.51. The first-order valence-corrected chi connectivity index (χ1v) is 6.08. The number of nitrogens with zero attached hydrogens (tertiary/aromatic N) is 1. The number of rotatable bonds is 3. The van der Waals surface area contributed by atoms with Crippen LogP contribution in [0.15, 0.2) is 41.4 Å². The molecule has 2 aromatic rings. The Bertz CT molecular complexity index is 610. The molecule has 0 saturated carbocycles. The van der Waals surface area contributed by atoms with Crippen molar-refractivity contribution in [2.24, 2.45) is 4.99 Å². The van der Waals surface area contributed by atoms with Gasteiger partial charge in [-0.15, -0.1) is 0 Å². The Morgan fingerprint density at radius 3 is 2.47 bits per heavy atom. The standard InChI is InChI=1S/C14H15B2NO2/c1-19-12-4-2-11(3-5-12)17-8-9-6-10(15)7-13(16)14(9)18/h2-8,18H,15-16H2,1H3/b17-8+. The molecule has 94 valence electrons. The number of phenols is 1. The predicted molar refractivity (Wildman–Crippen MR) is 84.7 cm³/mol. The van der Waals surface area contributed by atoms with Crippen molar-refractivity contribution in [2.75, 3.05) is 7.11 Å². The second-order valence-electron chi connectivity index (χ2n) is 4.48. The van der Waals surface area contributed by atoms with Gasteiger partial charge in [0.1, 0.15) is 27.2 Å². The molecule has 2 aromatic carbocycles. The lowest BCUT2D eigenvalue weighted by atomic mass is 9.85. The maximum atomic E-state index is 9.97. The van der Waals surface area contributed by atoms with E-state index in [2.05, 4.69) is 4.99 Å². The van der Waals surface area contributed by atoms with Gasteiger partial charge in [0.15, 0.2) is 0 Å². The smallest absolute Gasteiger partial charge is 0.144 e. The van der Waals surface area contributed by atoms with Gasteiger partial charge < -0.3 is 9.84 Å². The predicted octanol–water partition coefficient (Wildman–Crippen LogP) is -0.332. The van der Waals surface area contributed by atoms with Crippen molar-refractivity contribution in [1.29, 1.82) is 0 Å². The molecule has 0 aliphatic heterocycles. The van der Waals surface area contributed by atoms with Crippen molar-refractivity contribution in [1.82, 2.24) is 0 Å². The van der Waals surface area contributed by atoms with Gasteiger partial charge >= 0.3 is 0 Å². The van der Waals surface area contributed by atoms with E-state index >= 15 is 0 Å². The zero-order chi connectivity index (χ0) is 13.8. The van der Waals surface area contributed by atoms with E-state index in [0.717, 1.165) is 27.9 Å². The largest absolute Gasteiger partial charge is 0.508 e. The highest BCUT2D eigenvalue weighted by molar-refractivity contribution is 6.39. The van der Waals surface area contributed by atoms with Crippen LogP contribution in [0, 0.1) is 0 Å². The van der Waals surface area contributed by atoms with E-state index in [9.17, 15) is 5.11 Å². The number of phenolic OH excluding ortho intramolecular Hbond substituents is 1. The number of hydrogen-bond donors (Lipinski definition) is 1. The fraction of sp³-hybridized carbons (Fsp3) is 0.0714. The monoisotopic (exact) mass is 251 g/mol. The summed E-state index contributed by atoms with van der Waals surface area (Å²) in [5.41, 5.74) is 3.51. The second kappa shape index (κ2) is 5.65. The van der Waals surface area contributed by atoms with Crippen molar-refractivity contribution in [3.8, 4) is 11.5 Å². The van der Waals surface area contributed by atoms with Crippen LogP contribution in [0.25, 0.3) is 0 Å². The number of ether oxygens (including phenoxy) is 1. The van der Waals surface area contributed by atoms with Crippen LogP contribution in [0.3, 0.4) is 0 Å². The van der Waals surface area contributed by atoms with Crippen molar-refractivity contribution in [3.63, 3.8) is 0 Å². The molecule has 0 spiro atoms. The summed E-state index contributed by atoms with van der Waals surface area (Å²) < 4.78 is 5.09. The molecule has 0 aliphatic rings. The van der Waals surface area contributed by atoms with E-state index in [0.29, 0.717) is 0 Å². The molecule has 0 unspecified atom stereocenters. The van der Waals surface area contributed by atoms with E-state index in [1.807, 2.05) is 52.1 Å². The van der Waals surface area contributed by atoms with Crippen LogP contribution in [-0.2, 0) is 0 Å². The molecule has 0 radical (unpaired) electrons. The first-order chi connectivity index (χ1) is 9.10. The summed E-state index contributed by atoms with van der Waals surface area (Å²) in [6.07, 6.45) is 1.68. The Hall–Kier alpha value is -2.16. The summed E-state index contributed by atoms with van der Waals surface area (Å²) >= 11 is 0. The van der Waals surface area contributed by atoms with Crippen molar-refractivity contribution in [3.05, 3.63) is 42.0 Å². The summed E-state index contributed by atoms with van der Waals surface area (Å²) in [5, 5.41) is 9.97. The van der Waals surface area contributed by atoms with E-state index in [4.69, 9.17) is 4.74 Å². The Kier molecular flexibility index (Phi) is 3.95. The Morgan fingerprint density at radius 1 is 1.16 bits per heavy atom. The maximum Gasteiger partial charge on any atom is 0.144 e.